The van der Waals surface area contributed by atoms with Gasteiger partial charge in [-0.1, -0.05) is 0 Å². The lowest BCUT2D eigenvalue weighted by molar-refractivity contribution is -0.929. The Labute approximate surface area is 149 Å². The maximum absolute atomic E-state index is 12.6. The molecule has 2 atom stereocenters. The molecule has 0 bridgehead atoms. The molecule has 142 valence electrons. The first-order valence-electron chi connectivity index (χ1n) is 8.61. The number of quaternary nitrogens is 1. The predicted molar refractivity (Wildman–Crippen MR) is 93.8 cm³/mol. The van der Waals surface area contributed by atoms with Gasteiger partial charge in [0.25, 0.3) is 5.56 Å². The lowest BCUT2D eigenvalue weighted by Crippen LogP contribution is -3.14. The van der Waals surface area contributed by atoms with Crippen molar-refractivity contribution in [3.8, 4) is 0 Å². The topological polar surface area (TPSA) is 119 Å². The summed E-state index contributed by atoms with van der Waals surface area (Å²) in [5.74, 6) is -0.00595. The van der Waals surface area contributed by atoms with Crippen LogP contribution in [0, 0.1) is 0 Å². The van der Waals surface area contributed by atoms with Gasteiger partial charge in [-0.25, -0.2) is 9.78 Å². The first-order chi connectivity index (χ1) is 12.2. The van der Waals surface area contributed by atoms with Crippen LogP contribution < -0.4 is 21.9 Å². The zero-order valence-electron chi connectivity index (χ0n) is 15.5. The number of aromatic nitrogens is 4. The van der Waals surface area contributed by atoms with E-state index >= 15 is 0 Å². The van der Waals surface area contributed by atoms with Gasteiger partial charge in [0.15, 0.2) is 17.0 Å². The van der Waals surface area contributed by atoms with Crippen LogP contribution >= 0.6 is 0 Å². The third kappa shape index (κ3) is 3.17. The van der Waals surface area contributed by atoms with Gasteiger partial charge in [0.2, 0.25) is 5.91 Å². The van der Waals surface area contributed by atoms with Crippen molar-refractivity contribution >= 4 is 17.1 Å². The van der Waals surface area contributed by atoms with Crippen LogP contribution in [0.25, 0.3) is 11.2 Å². The molecule has 1 aliphatic rings. The van der Waals surface area contributed by atoms with Crippen LogP contribution in [0.2, 0.25) is 0 Å². The van der Waals surface area contributed by atoms with E-state index in [1.807, 2.05) is 13.8 Å². The number of nitrogens with one attached hydrogen (secondary N) is 1. The molecule has 1 fully saturated rings. The standard InChI is InChI=1S/C16H24N6O4/c1-9-5-21(6-10(2)26-9)8-12-18-14-13(22(12)7-11(17)23)15(24)20(4)16(25)19(14)3/h9-10H,5-8H2,1-4H3,(H2,17,23)/p+1/t9-,10-/m1/s1. The highest BCUT2D eigenvalue weighted by molar-refractivity contribution is 5.78. The first-order valence-corrected chi connectivity index (χ1v) is 8.61. The molecular weight excluding hydrogens is 340 g/mol. The first kappa shape index (κ1) is 18.3. The third-order valence-electron chi connectivity index (χ3n) is 4.77. The van der Waals surface area contributed by atoms with Crippen molar-refractivity contribution in [2.75, 3.05) is 13.1 Å². The minimum Gasteiger partial charge on any atom is -0.368 e. The van der Waals surface area contributed by atoms with E-state index in [1.165, 1.54) is 21.1 Å². The molecule has 1 amide bonds. The predicted octanol–water partition coefficient (Wildman–Crippen LogP) is -2.89. The second kappa shape index (κ2) is 6.69. The van der Waals surface area contributed by atoms with Crippen LogP contribution in [-0.4, -0.2) is 49.9 Å². The van der Waals surface area contributed by atoms with Gasteiger partial charge >= 0.3 is 5.69 Å². The molecule has 3 heterocycles. The number of hydrogen-bond acceptors (Lipinski definition) is 5. The number of nitrogens with zero attached hydrogens (tertiary/aromatic N) is 4. The average Bonchev–Trinajstić information content (AvgIpc) is 2.88. The second-order valence-electron chi connectivity index (χ2n) is 7.05. The molecule has 2 aromatic rings. The molecule has 0 saturated carbocycles. The van der Waals surface area contributed by atoms with Gasteiger partial charge in [0.1, 0.15) is 38.4 Å². The quantitative estimate of drug-likeness (QED) is 0.603. The Morgan fingerprint density at radius 3 is 2.42 bits per heavy atom. The molecule has 0 unspecified atom stereocenters. The number of carbonyl (C=O) groups is 1. The number of primary amides is 1. The van der Waals surface area contributed by atoms with Gasteiger partial charge in [-0.15, -0.1) is 0 Å². The number of fused-ring (bicyclic) bond motifs is 1. The van der Waals surface area contributed by atoms with Gasteiger partial charge in [0, 0.05) is 14.1 Å². The zero-order chi connectivity index (χ0) is 19.2. The lowest BCUT2D eigenvalue weighted by atomic mass is 10.2. The molecule has 2 aromatic heterocycles. The van der Waals surface area contributed by atoms with Crippen LogP contribution in [0.3, 0.4) is 0 Å². The summed E-state index contributed by atoms with van der Waals surface area (Å²) >= 11 is 0. The normalized spacial score (nSPS) is 23.5. The molecule has 0 spiro atoms. The Hall–Kier alpha value is -2.46. The van der Waals surface area contributed by atoms with Crippen LogP contribution in [0.5, 0.6) is 0 Å². The maximum atomic E-state index is 12.6. The smallest absolute Gasteiger partial charge is 0.332 e. The third-order valence-corrected chi connectivity index (χ3v) is 4.77. The van der Waals surface area contributed by atoms with Crippen LogP contribution in [-0.2, 0) is 36.7 Å². The molecule has 1 saturated heterocycles. The molecule has 3 rings (SSSR count). The SMILES string of the molecule is C[C@@H]1C[NH+](Cc2nc3c(c(=O)n(C)c(=O)n3C)n2CC(N)=O)C[C@@H](C)O1. The van der Waals surface area contributed by atoms with Gasteiger partial charge in [-0.3, -0.25) is 18.7 Å². The Morgan fingerprint density at radius 1 is 1.23 bits per heavy atom. The minimum absolute atomic E-state index is 0.111. The number of rotatable bonds is 4. The Morgan fingerprint density at radius 2 is 1.85 bits per heavy atom. The highest BCUT2D eigenvalue weighted by Crippen LogP contribution is 2.11. The number of imidazole rings is 1. The monoisotopic (exact) mass is 365 g/mol. The zero-order valence-corrected chi connectivity index (χ0v) is 15.5. The summed E-state index contributed by atoms with van der Waals surface area (Å²) in [5.41, 5.74) is 4.93. The minimum atomic E-state index is -0.569. The highest BCUT2D eigenvalue weighted by Gasteiger charge is 2.28. The Bertz CT molecular complexity index is 962. The van der Waals surface area contributed by atoms with Gasteiger partial charge in [0.05, 0.1) is 0 Å². The fourth-order valence-electron chi connectivity index (χ4n) is 3.71. The van der Waals surface area contributed by atoms with Crippen molar-refractivity contribution in [1.82, 2.24) is 18.7 Å². The van der Waals surface area contributed by atoms with E-state index in [0.717, 1.165) is 17.7 Å². The number of aryl methyl sites for hydroxylation is 1. The molecule has 0 aromatic carbocycles. The van der Waals surface area contributed by atoms with Gasteiger partial charge in [-0.05, 0) is 13.8 Å². The molecule has 26 heavy (non-hydrogen) atoms. The van der Waals surface area contributed by atoms with E-state index in [4.69, 9.17) is 10.5 Å². The number of nitrogens with two attached hydrogens (primary N) is 1. The number of carbonyl (C=O) groups excluding carboxylic acids is 1. The summed E-state index contributed by atoms with van der Waals surface area (Å²) in [7, 11) is 2.96. The van der Waals surface area contributed by atoms with Crippen molar-refractivity contribution < 1.29 is 14.4 Å². The molecule has 10 nitrogen and oxygen atoms in total. The number of morpholine rings is 1. The van der Waals surface area contributed by atoms with E-state index < -0.39 is 17.2 Å². The van der Waals surface area contributed by atoms with Crippen molar-refractivity contribution in [3.05, 3.63) is 26.7 Å². The number of hydrogen-bond donors (Lipinski definition) is 2. The number of amides is 1. The highest BCUT2D eigenvalue weighted by atomic mass is 16.5. The molecule has 1 aliphatic heterocycles. The van der Waals surface area contributed by atoms with Crippen LogP contribution in [0.15, 0.2) is 9.59 Å². The Balaban J connectivity index is 2.14. The van der Waals surface area contributed by atoms with E-state index in [9.17, 15) is 14.4 Å². The van der Waals surface area contributed by atoms with Gasteiger partial charge in [-0.2, -0.15) is 0 Å². The Kier molecular flexibility index (Phi) is 4.72. The summed E-state index contributed by atoms with van der Waals surface area (Å²) < 4.78 is 9.62. The summed E-state index contributed by atoms with van der Waals surface area (Å²) in [6.07, 6.45) is 0.222. The second-order valence-corrected chi connectivity index (χ2v) is 7.05. The van der Waals surface area contributed by atoms with E-state index in [0.29, 0.717) is 12.4 Å². The largest absolute Gasteiger partial charge is 0.368 e. The maximum Gasteiger partial charge on any atom is 0.332 e. The van der Waals surface area contributed by atoms with Crippen molar-refractivity contribution in [2.24, 2.45) is 19.8 Å². The van der Waals surface area contributed by atoms with Gasteiger partial charge < -0.3 is 19.9 Å². The van der Waals surface area contributed by atoms with Crippen molar-refractivity contribution in [3.63, 3.8) is 0 Å². The van der Waals surface area contributed by atoms with Crippen molar-refractivity contribution in [1.29, 1.82) is 0 Å². The summed E-state index contributed by atoms with van der Waals surface area (Å²) in [4.78, 5) is 42.1. The summed E-state index contributed by atoms with van der Waals surface area (Å²) in [6.45, 7) is 5.97. The van der Waals surface area contributed by atoms with Crippen molar-refractivity contribution in [2.45, 2.75) is 39.1 Å². The molecule has 0 radical (unpaired) electrons. The fourth-order valence-corrected chi connectivity index (χ4v) is 3.71. The van der Waals surface area contributed by atoms with E-state index in [1.54, 1.807) is 7.05 Å². The fraction of sp³-hybridized carbons (Fsp3) is 0.625. The number of ether oxygens (including phenoxy) is 1. The van der Waals surface area contributed by atoms with E-state index in [-0.39, 0.29) is 29.9 Å². The molecular formula is C16H25N6O4+. The van der Waals surface area contributed by atoms with Crippen LogP contribution in [0.1, 0.15) is 19.7 Å². The summed E-state index contributed by atoms with van der Waals surface area (Å²) in [6, 6.07) is 0. The van der Waals surface area contributed by atoms with Crippen LogP contribution in [0.4, 0.5) is 0 Å². The molecule has 3 N–H and O–H groups in total. The lowest BCUT2D eigenvalue weighted by Gasteiger charge is -2.32. The molecule has 0 aliphatic carbocycles. The average molecular weight is 365 g/mol. The van der Waals surface area contributed by atoms with E-state index in [2.05, 4.69) is 4.98 Å². The summed E-state index contributed by atoms with van der Waals surface area (Å²) in [5, 5.41) is 0. The molecule has 10 heteroatoms.